The van der Waals surface area contributed by atoms with E-state index in [-0.39, 0.29) is 23.1 Å². The van der Waals surface area contributed by atoms with Crippen LogP contribution in [0.4, 0.5) is 13.2 Å². The molecule has 0 spiro atoms. The van der Waals surface area contributed by atoms with Crippen LogP contribution in [-0.2, 0) is 27.5 Å². The van der Waals surface area contributed by atoms with Gasteiger partial charge in [-0.15, -0.1) is 11.8 Å². The van der Waals surface area contributed by atoms with Crippen molar-refractivity contribution in [1.82, 2.24) is 9.62 Å². The molecule has 0 unspecified atom stereocenters. The number of rotatable bonds is 7. The van der Waals surface area contributed by atoms with E-state index >= 15 is 0 Å². The summed E-state index contributed by atoms with van der Waals surface area (Å²) < 4.78 is 64.7. The number of alkyl halides is 3. The quantitative estimate of drug-likeness (QED) is 0.639. The van der Waals surface area contributed by atoms with Gasteiger partial charge in [-0.3, -0.25) is 4.79 Å². The molecule has 2 aromatic rings. The minimum Gasteiger partial charge on any atom is -0.351 e. The fourth-order valence-corrected chi connectivity index (χ4v) is 5.32. The van der Waals surface area contributed by atoms with E-state index < -0.39 is 21.8 Å². The van der Waals surface area contributed by atoms with E-state index in [1.165, 1.54) is 28.6 Å². The average Bonchev–Trinajstić information content (AvgIpc) is 3.26. The van der Waals surface area contributed by atoms with E-state index in [0.717, 1.165) is 42.3 Å². The molecule has 30 heavy (non-hydrogen) atoms. The lowest BCUT2D eigenvalue weighted by atomic mass is 10.2. The van der Waals surface area contributed by atoms with E-state index in [2.05, 4.69) is 5.32 Å². The lowest BCUT2D eigenvalue weighted by molar-refractivity contribution is -0.137. The molecule has 10 heteroatoms. The maximum absolute atomic E-state index is 12.7. The molecule has 5 nitrogen and oxygen atoms in total. The van der Waals surface area contributed by atoms with Gasteiger partial charge in [0.2, 0.25) is 15.9 Å². The third-order valence-electron chi connectivity index (χ3n) is 4.65. The van der Waals surface area contributed by atoms with Gasteiger partial charge in [0.1, 0.15) is 0 Å². The molecule has 1 aliphatic heterocycles. The highest BCUT2D eigenvalue weighted by Gasteiger charge is 2.30. The van der Waals surface area contributed by atoms with Gasteiger partial charge in [0.25, 0.3) is 0 Å². The topological polar surface area (TPSA) is 66.5 Å². The maximum Gasteiger partial charge on any atom is 0.416 e. The first kappa shape index (κ1) is 22.6. The number of nitrogens with one attached hydrogen (secondary N) is 1. The van der Waals surface area contributed by atoms with E-state index in [4.69, 9.17) is 0 Å². The zero-order valence-corrected chi connectivity index (χ0v) is 17.6. The minimum absolute atomic E-state index is 0.0251. The lowest BCUT2D eigenvalue weighted by Gasteiger charge is -2.15. The van der Waals surface area contributed by atoms with E-state index in [1.54, 1.807) is 12.1 Å². The number of amides is 1. The Labute approximate surface area is 177 Å². The van der Waals surface area contributed by atoms with Gasteiger partial charge in [0.05, 0.1) is 16.2 Å². The molecule has 1 N–H and O–H groups in total. The molecule has 0 saturated carbocycles. The Morgan fingerprint density at radius 2 is 1.73 bits per heavy atom. The molecule has 3 rings (SSSR count). The van der Waals surface area contributed by atoms with Crippen LogP contribution < -0.4 is 5.32 Å². The van der Waals surface area contributed by atoms with E-state index in [0.29, 0.717) is 18.0 Å². The van der Waals surface area contributed by atoms with Gasteiger partial charge < -0.3 is 5.32 Å². The lowest BCUT2D eigenvalue weighted by Crippen LogP contribution is -2.28. The van der Waals surface area contributed by atoms with Crippen LogP contribution in [0.25, 0.3) is 0 Å². The second-order valence-electron chi connectivity index (χ2n) is 6.85. The van der Waals surface area contributed by atoms with Crippen LogP contribution in [0.3, 0.4) is 0 Å². The second-order valence-corrected chi connectivity index (χ2v) is 9.83. The molecular formula is C20H21F3N2O3S2. The molecule has 162 valence electrons. The molecule has 1 amide bonds. The van der Waals surface area contributed by atoms with Crippen LogP contribution in [0.1, 0.15) is 24.0 Å². The van der Waals surface area contributed by atoms with Crippen LogP contribution in [-0.4, -0.2) is 37.5 Å². The number of benzene rings is 2. The smallest absolute Gasteiger partial charge is 0.351 e. The summed E-state index contributed by atoms with van der Waals surface area (Å²) in [5.74, 6) is -0.353. The first-order valence-electron chi connectivity index (χ1n) is 9.32. The van der Waals surface area contributed by atoms with Gasteiger partial charge in [-0.1, -0.05) is 18.2 Å². The molecule has 0 atom stereocenters. The van der Waals surface area contributed by atoms with Crippen molar-refractivity contribution in [3.8, 4) is 0 Å². The van der Waals surface area contributed by atoms with Crippen molar-refractivity contribution in [2.24, 2.45) is 0 Å². The van der Waals surface area contributed by atoms with Crippen molar-refractivity contribution in [3.05, 3.63) is 59.7 Å². The highest BCUT2D eigenvalue weighted by atomic mass is 32.2. The zero-order chi connectivity index (χ0) is 21.8. The predicted molar refractivity (Wildman–Crippen MR) is 108 cm³/mol. The van der Waals surface area contributed by atoms with Gasteiger partial charge in [-0.05, 0) is 48.7 Å². The number of sulfonamides is 1. The van der Waals surface area contributed by atoms with Crippen molar-refractivity contribution in [1.29, 1.82) is 0 Å². The number of nitrogens with zero attached hydrogens (tertiary/aromatic N) is 1. The Morgan fingerprint density at radius 1 is 1.07 bits per heavy atom. The summed E-state index contributed by atoms with van der Waals surface area (Å²) in [7, 11) is -3.48. The number of halogens is 3. The van der Waals surface area contributed by atoms with Gasteiger partial charge in [-0.25, -0.2) is 8.42 Å². The molecule has 2 aromatic carbocycles. The normalized spacial score (nSPS) is 15.3. The van der Waals surface area contributed by atoms with Gasteiger partial charge in [0.15, 0.2) is 0 Å². The summed E-state index contributed by atoms with van der Waals surface area (Å²) in [6.07, 6.45) is -2.70. The summed E-state index contributed by atoms with van der Waals surface area (Å²) in [6.45, 7) is 1.26. The average molecular weight is 459 g/mol. The number of hydrogen-bond acceptors (Lipinski definition) is 4. The predicted octanol–water partition coefficient (Wildman–Crippen LogP) is 3.90. The highest BCUT2D eigenvalue weighted by Crippen LogP contribution is 2.31. The van der Waals surface area contributed by atoms with E-state index in [9.17, 15) is 26.4 Å². The Bertz CT molecular complexity index is 987. The fourth-order valence-electron chi connectivity index (χ4n) is 3.02. The van der Waals surface area contributed by atoms with E-state index in [1.807, 2.05) is 0 Å². The van der Waals surface area contributed by atoms with Gasteiger partial charge in [-0.2, -0.15) is 17.5 Å². The van der Waals surface area contributed by atoms with Crippen molar-refractivity contribution in [2.45, 2.75) is 35.4 Å². The highest BCUT2D eigenvalue weighted by molar-refractivity contribution is 8.00. The Balaban J connectivity index is 1.50. The summed E-state index contributed by atoms with van der Waals surface area (Å²) in [6, 6.07) is 11.1. The molecule has 0 aliphatic carbocycles. The first-order chi connectivity index (χ1) is 14.2. The SMILES string of the molecule is O=C(CSc1cccc(C(F)(F)F)c1)NCc1ccc(S(=O)(=O)N2CCCC2)cc1. The number of hydrogen-bond donors (Lipinski definition) is 1. The van der Waals surface area contributed by atoms with Gasteiger partial charge >= 0.3 is 6.18 Å². The van der Waals surface area contributed by atoms with Crippen molar-refractivity contribution in [3.63, 3.8) is 0 Å². The van der Waals surface area contributed by atoms with Crippen LogP contribution in [0, 0.1) is 0 Å². The van der Waals surface area contributed by atoms with Crippen molar-refractivity contribution < 1.29 is 26.4 Å². The van der Waals surface area contributed by atoms with Crippen LogP contribution in [0.15, 0.2) is 58.3 Å². The minimum atomic E-state index is -4.42. The van der Waals surface area contributed by atoms with Crippen LogP contribution in [0.5, 0.6) is 0 Å². The first-order valence-corrected chi connectivity index (χ1v) is 11.7. The zero-order valence-electron chi connectivity index (χ0n) is 16.0. The molecule has 1 aliphatic rings. The number of thioether (sulfide) groups is 1. The Morgan fingerprint density at radius 3 is 2.37 bits per heavy atom. The maximum atomic E-state index is 12.7. The van der Waals surface area contributed by atoms with Crippen molar-refractivity contribution in [2.75, 3.05) is 18.8 Å². The summed E-state index contributed by atoms with van der Waals surface area (Å²) >= 11 is 1.02. The van der Waals surface area contributed by atoms with Crippen LogP contribution in [0.2, 0.25) is 0 Å². The number of carbonyl (C=O) groups is 1. The van der Waals surface area contributed by atoms with Crippen LogP contribution >= 0.6 is 11.8 Å². The fraction of sp³-hybridized carbons (Fsp3) is 0.350. The molecule has 0 radical (unpaired) electrons. The standard InChI is InChI=1S/C20H21F3N2O3S2/c21-20(22,23)16-4-3-5-17(12-16)29-14-19(26)24-13-15-6-8-18(9-7-15)30(27,28)25-10-1-2-11-25/h3-9,12H,1-2,10-11,13-14H2,(H,24,26). The molecular weight excluding hydrogens is 437 g/mol. The van der Waals surface area contributed by atoms with Gasteiger partial charge in [0, 0.05) is 24.5 Å². The molecule has 0 aromatic heterocycles. The Kier molecular flexibility index (Phi) is 7.10. The summed E-state index contributed by atoms with van der Waals surface area (Å²) in [5.41, 5.74) is -0.0235. The largest absolute Gasteiger partial charge is 0.416 e. The molecule has 1 heterocycles. The Hall–Kier alpha value is -2.04. The summed E-state index contributed by atoms with van der Waals surface area (Å²) in [4.78, 5) is 12.6. The summed E-state index contributed by atoms with van der Waals surface area (Å²) in [5, 5.41) is 2.69. The second kappa shape index (κ2) is 9.40. The third kappa shape index (κ3) is 5.77. The molecule has 0 bridgehead atoms. The number of carbonyl (C=O) groups excluding carboxylic acids is 1. The monoisotopic (exact) mass is 458 g/mol. The molecule has 1 saturated heterocycles. The third-order valence-corrected chi connectivity index (χ3v) is 7.55. The van der Waals surface area contributed by atoms with Crippen molar-refractivity contribution >= 4 is 27.7 Å². The molecule has 1 fully saturated rings.